The van der Waals surface area contributed by atoms with Crippen LogP contribution in [0.3, 0.4) is 0 Å². The average molecular weight is 274 g/mol. The summed E-state index contributed by atoms with van der Waals surface area (Å²) in [6, 6.07) is 4.22. The van der Waals surface area contributed by atoms with E-state index >= 15 is 0 Å². The minimum Gasteiger partial charge on any atom is -0.383 e. The maximum atomic E-state index is 6.19. The van der Waals surface area contributed by atoms with Crippen molar-refractivity contribution in [1.29, 1.82) is 0 Å². The maximum Gasteiger partial charge on any atom is 0.139 e. The quantitative estimate of drug-likeness (QED) is 0.781. The van der Waals surface area contributed by atoms with Crippen molar-refractivity contribution in [2.45, 2.75) is 18.9 Å². The summed E-state index contributed by atoms with van der Waals surface area (Å²) in [7, 11) is 0. The number of hydrogen-bond acceptors (Lipinski definition) is 3. The Morgan fingerprint density at radius 3 is 2.95 bits per heavy atom. The van der Waals surface area contributed by atoms with Crippen LogP contribution in [-0.2, 0) is 0 Å². The van der Waals surface area contributed by atoms with Crippen LogP contribution in [0.1, 0.15) is 18.9 Å². The van der Waals surface area contributed by atoms with Gasteiger partial charge in [0.1, 0.15) is 17.2 Å². The van der Waals surface area contributed by atoms with Crippen molar-refractivity contribution in [2.75, 3.05) is 5.73 Å². The van der Waals surface area contributed by atoms with Crippen molar-refractivity contribution in [2.24, 2.45) is 0 Å². The van der Waals surface area contributed by atoms with Gasteiger partial charge in [-0.25, -0.2) is 9.97 Å². The van der Waals surface area contributed by atoms with E-state index in [9.17, 15) is 0 Å². The fraction of sp³-hybridized carbons (Fsp3) is 0.231. The summed E-state index contributed by atoms with van der Waals surface area (Å²) in [5.41, 5.74) is 8.72. The molecular formula is C13H12ClN5. The molecule has 1 fully saturated rings. The zero-order valence-electron chi connectivity index (χ0n) is 10.1. The smallest absolute Gasteiger partial charge is 0.139 e. The normalized spacial score (nSPS) is 15.2. The molecule has 3 heterocycles. The van der Waals surface area contributed by atoms with Crippen molar-refractivity contribution >= 4 is 23.1 Å². The maximum absolute atomic E-state index is 6.19. The molecule has 1 aliphatic carbocycles. The number of hydrogen-bond donors (Lipinski definition) is 1. The predicted octanol–water partition coefficient (Wildman–Crippen LogP) is 2.77. The second kappa shape index (κ2) is 3.74. The molecule has 1 aliphatic rings. The van der Waals surface area contributed by atoms with Gasteiger partial charge in [0.25, 0.3) is 0 Å². The van der Waals surface area contributed by atoms with E-state index < -0.39 is 0 Å². The number of nitrogens with zero attached hydrogens (tertiary/aromatic N) is 4. The first-order chi connectivity index (χ1) is 9.24. The van der Waals surface area contributed by atoms with Gasteiger partial charge in [-0.1, -0.05) is 11.6 Å². The molecule has 4 rings (SSSR count). The van der Waals surface area contributed by atoms with Crippen LogP contribution in [-0.4, -0.2) is 18.9 Å². The summed E-state index contributed by atoms with van der Waals surface area (Å²) < 4.78 is 3.96. The minimum atomic E-state index is 0.547. The van der Waals surface area contributed by atoms with Crippen LogP contribution in [0, 0.1) is 0 Å². The number of aromatic nitrogens is 4. The van der Waals surface area contributed by atoms with Gasteiger partial charge in [-0.15, -0.1) is 0 Å². The van der Waals surface area contributed by atoms with Gasteiger partial charge in [0.2, 0.25) is 0 Å². The summed E-state index contributed by atoms with van der Waals surface area (Å²) in [6.45, 7) is 0. The number of nitrogen functional groups attached to an aromatic ring is 1. The van der Waals surface area contributed by atoms with Gasteiger partial charge in [0.05, 0.1) is 23.2 Å². The fourth-order valence-electron chi connectivity index (χ4n) is 2.36. The molecular weight excluding hydrogens is 262 g/mol. The van der Waals surface area contributed by atoms with E-state index in [0.717, 1.165) is 17.0 Å². The SMILES string of the molecule is Nc1c(-c2cncn2C2CC2)nc2ccc(Cl)cn12. The van der Waals surface area contributed by atoms with Gasteiger partial charge in [0.15, 0.2) is 0 Å². The Labute approximate surface area is 114 Å². The molecule has 0 bridgehead atoms. The third kappa shape index (κ3) is 1.62. The Bertz CT molecular complexity index is 769. The Balaban J connectivity index is 1.95. The standard InChI is InChI=1S/C13H12ClN5/c14-8-1-4-11-17-12(13(15)18(11)6-8)10-5-16-7-19(10)9-2-3-9/h1,4-7,9H,2-3,15H2. The van der Waals surface area contributed by atoms with Crippen molar-refractivity contribution < 1.29 is 0 Å². The number of rotatable bonds is 2. The van der Waals surface area contributed by atoms with Crippen LogP contribution >= 0.6 is 11.6 Å². The lowest BCUT2D eigenvalue weighted by atomic mass is 10.3. The highest BCUT2D eigenvalue weighted by Crippen LogP contribution is 2.39. The van der Waals surface area contributed by atoms with Gasteiger partial charge < -0.3 is 10.3 Å². The second-order valence-corrected chi connectivity index (χ2v) is 5.27. The zero-order valence-corrected chi connectivity index (χ0v) is 10.9. The highest BCUT2D eigenvalue weighted by atomic mass is 35.5. The fourth-order valence-corrected chi connectivity index (χ4v) is 2.52. The number of imidazole rings is 2. The molecule has 0 unspecified atom stereocenters. The summed E-state index contributed by atoms with van der Waals surface area (Å²) in [5, 5.41) is 0.638. The molecule has 0 atom stereocenters. The molecule has 2 N–H and O–H groups in total. The Morgan fingerprint density at radius 1 is 1.32 bits per heavy atom. The van der Waals surface area contributed by atoms with Crippen LogP contribution in [0.25, 0.3) is 17.0 Å². The monoisotopic (exact) mass is 273 g/mol. The van der Waals surface area contributed by atoms with Gasteiger partial charge in [-0.3, -0.25) is 4.40 Å². The minimum absolute atomic E-state index is 0.547. The lowest BCUT2D eigenvalue weighted by Gasteiger charge is -2.04. The molecule has 0 spiro atoms. The molecule has 19 heavy (non-hydrogen) atoms. The lowest BCUT2D eigenvalue weighted by molar-refractivity contribution is 0.746. The second-order valence-electron chi connectivity index (χ2n) is 4.84. The molecule has 5 nitrogen and oxygen atoms in total. The lowest BCUT2D eigenvalue weighted by Crippen LogP contribution is -1.98. The molecule has 0 radical (unpaired) electrons. The van der Waals surface area contributed by atoms with Crippen molar-refractivity contribution in [1.82, 2.24) is 18.9 Å². The topological polar surface area (TPSA) is 61.1 Å². The molecule has 0 aromatic carbocycles. The zero-order chi connectivity index (χ0) is 13.0. The first-order valence-corrected chi connectivity index (χ1v) is 6.57. The third-order valence-corrected chi connectivity index (χ3v) is 3.69. The van der Waals surface area contributed by atoms with Crippen molar-refractivity contribution in [3.63, 3.8) is 0 Å². The van der Waals surface area contributed by atoms with E-state index in [1.165, 1.54) is 12.8 Å². The number of anilines is 1. The molecule has 0 amide bonds. The summed E-state index contributed by atoms with van der Waals surface area (Å²) in [4.78, 5) is 8.81. The van der Waals surface area contributed by atoms with Crippen molar-refractivity contribution in [3.8, 4) is 11.4 Å². The van der Waals surface area contributed by atoms with E-state index in [1.807, 2.05) is 29.1 Å². The van der Waals surface area contributed by atoms with Crippen LogP contribution in [0.15, 0.2) is 30.9 Å². The molecule has 3 aromatic rings. The van der Waals surface area contributed by atoms with E-state index in [0.29, 0.717) is 16.9 Å². The largest absolute Gasteiger partial charge is 0.383 e. The molecule has 6 heteroatoms. The van der Waals surface area contributed by atoms with Crippen LogP contribution in [0.4, 0.5) is 5.82 Å². The summed E-state index contributed by atoms with van der Waals surface area (Å²) >= 11 is 5.99. The first kappa shape index (κ1) is 10.9. The van der Waals surface area contributed by atoms with Gasteiger partial charge in [0, 0.05) is 12.2 Å². The molecule has 0 saturated heterocycles. The Hall–Kier alpha value is -2.01. The van der Waals surface area contributed by atoms with E-state index in [4.69, 9.17) is 17.3 Å². The highest BCUT2D eigenvalue weighted by Gasteiger charge is 2.27. The molecule has 1 saturated carbocycles. The molecule has 0 aliphatic heterocycles. The highest BCUT2D eigenvalue weighted by molar-refractivity contribution is 6.30. The Kier molecular flexibility index (Phi) is 2.14. The predicted molar refractivity (Wildman–Crippen MR) is 74.1 cm³/mol. The summed E-state index contributed by atoms with van der Waals surface area (Å²) in [6.07, 6.45) is 7.84. The van der Waals surface area contributed by atoms with Crippen molar-refractivity contribution in [3.05, 3.63) is 35.9 Å². The number of halogens is 1. The van der Waals surface area contributed by atoms with Crippen LogP contribution < -0.4 is 5.73 Å². The van der Waals surface area contributed by atoms with E-state index in [1.54, 1.807) is 6.20 Å². The number of fused-ring (bicyclic) bond motifs is 1. The van der Waals surface area contributed by atoms with Gasteiger partial charge in [-0.2, -0.15) is 0 Å². The van der Waals surface area contributed by atoms with Crippen LogP contribution in [0.2, 0.25) is 5.02 Å². The van der Waals surface area contributed by atoms with Gasteiger partial charge in [-0.05, 0) is 25.0 Å². The Morgan fingerprint density at radius 2 is 2.16 bits per heavy atom. The van der Waals surface area contributed by atoms with Gasteiger partial charge >= 0.3 is 0 Å². The number of pyridine rings is 1. The molecule has 3 aromatic heterocycles. The van der Waals surface area contributed by atoms with E-state index in [-0.39, 0.29) is 0 Å². The first-order valence-electron chi connectivity index (χ1n) is 6.19. The number of nitrogens with two attached hydrogens (primary N) is 1. The van der Waals surface area contributed by atoms with Crippen LogP contribution in [0.5, 0.6) is 0 Å². The molecule has 96 valence electrons. The van der Waals surface area contributed by atoms with E-state index in [2.05, 4.69) is 14.5 Å². The average Bonchev–Trinajstić information content (AvgIpc) is 3.05. The summed E-state index contributed by atoms with van der Waals surface area (Å²) in [5.74, 6) is 0.597. The third-order valence-electron chi connectivity index (χ3n) is 3.47.